The number of aromatic nitrogens is 1. The van der Waals surface area contributed by atoms with Gasteiger partial charge in [0.2, 0.25) is 5.76 Å². The maximum atomic E-state index is 11.5. The first-order valence-electron chi connectivity index (χ1n) is 7.66. The van der Waals surface area contributed by atoms with Crippen LogP contribution in [0.25, 0.3) is 0 Å². The topological polar surface area (TPSA) is 64.8 Å². The third-order valence-corrected chi connectivity index (χ3v) is 4.09. The lowest BCUT2D eigenvalue weighted by Gasteiger charge is -2.22. The molecule has 0 aliphatic carbocycles. The van der Waals surface area contributed by atoms with Crippen LogP contribution in [0.4, 0.5) is 0 Å². The molecule has 6 nitrogen and oxygen atoms in total. The van der Waals surface area contributed by atoms with Crippen molar-refractivity contribution >= 4 is 5.97 Å². The number of esters is 1. The van der Waals surface area contributed by atoms with E-state index >= 15 is 0 Å². The van der Waals surface area contributed by atoms with Crippen molar-refractivity contribution in [3.05, 3.63) is 48.2 Å². The van der Waals surface area contributed by atoms with Gasteiger partial charge in [0.05, 0.1) is 19.3 Å². The van der Waals surface area contributed by atoms with Crippen LogP contribution in [0.5, 0.6) is 5.75 Å². The van der Waals surface area contributed by atoms with Crippen molar-refractivity contribution in [1.82, 2.24) is 9.88 Å². The normalized spacial score (nSPS) is 19.5. The largest absolute Gasteiger partial charge is 0.487 e. The fourth-order valence-electron chi connectivity index (χ4n) is 2.78. The summed E-state index contributed by atoms with van der Waals surface area (Å²) in [7, 11) is 1.34. The van der Waals surface area contributed by atoms with Crippen molar-refractivity contribution in [3.63, 3.8) is 0 Å². The van der Waals surface area contributed by atoms with E-state index in [1.165, 1.54) is 7.11 Å². The van der Waals surface area contributed by atoms with E-state index in [0.29, 0.717) is 0 Å². The molecule has 1 aliphatic heterocycles. The number of furan rings is 1. The lowest BCUT2D eigenvalue weighted by molar-refractivity contribution is 0.0559. The van der Waals surface area contributed by atoms with Crippen LogP contribution in [0.3, 0.4) is 0 Å². The quantitative estimate of drug-likeness (QED) is 0.790. The highest BCUT2D eigenvalue weighted by Gasteiger charge is 2.30. The number of carbonyl (C=O) groups is 1. The lowest BCUT2D eigenvalue weighted by Crippen LogP contribution is -2.27. The van der Waals surface area contributed by atoms with Crippen LogP contribution in [0.1, 0.15) is 35.7 Å². The molecular weight excluding hydrogens is 296 g/mol. The van der Waals surface area contributed by atoms with Crippen molar-refractivity contribution in [1.29, 1.82) is 0 Å². The van der Waals surface area contributed by atoms with Gasteiger partial charge in [0.15, 0.2) is 0 Å². The fraction of sp³-hybridized carbons (Fsp3) is 0.412. The minimum absolute atomic E-state index is 0.0795. The molecule has 0 saturated carbocycles. The van der Waals surface area contributed by atoms with Gasteiger partial charge in [-0.05, 0) is 37.6 Å². The van der Waals surface area contributed by atoms with Gasteiger partial charge in [-0.15, -0.1) is 0 Å². The van der Waals surface area contributed by atoms with Gasteiger partial charge < -0.3 is 13.9 Å². The van der Waals surface area contributed by atoms with Crippen LogP contribution in [0.2, 0.25) is 0 Å². The molecular formula is C17H20N2O4. The van der Waals surface area contributed by atoms with Crippen molar-refractivity contribution in [2.75, 3.05) is 20.2 Å². The van der Waals surface area contributed by atoms with E-state index in [0.717, 1.165) is 31.0 Å². The summed E-state index contributed by atoms with van der Waals surface area (Å²) in [6, 6.07) is 7.33. The van der Waals surface area contributed by atoms with Crippen molar-refractivity contribution in [2.45, 2.75) is 25.5 Å². The Labute approximate surface area is 135 Å². The van der Waals surface area contributed by atoms with Crippen LogP contribution in [0.15, 0.2) is 41.1 Å². The second-order valence-electron chi connectivity index (χ2n) is 5.58. The summed E-state index contributed by atoms with van der Waals surface area (Å²) < 4.78 is 16.2. The van der Waals surface area contributed by atoms with Gasteiger partial charge in [-0.3, -0.25) is 9.88 Å². The maximum Gasteiger partial charge on any atom is 0.373 e. The van der Waals surface area contributed by atoms with Gasteiger partial charge in [0.25, 0.3) is 0 Å². The molecule has 23 heavy (non-hydrogen) atoms. The molecule has 0 unspecified atom stereocenters. The lowest BCUT2D eigenvalue weighted by atomic mass is 10.2. The van der Waals surface area contributed by atoms with Crippen LogP contribution >= 0.6 is 0 Å². The fourth-order valence-corrected chi connectivity index (χ4v) is 2.78. The zero-order valence-electron chi connectivity index (χ0n) is 13.3. The van der Waals surface area contributed by atoms with E-state index < -0.39 is 5.97 Å². The zero-order chi connectivity index (χ0) is 16.2. The van der Waals surface area contributed by atoms with Crippen LogP contribution in [0, 0.1) is 0 Å². The first kappa shape index (κ1) is 15.6. The number of hydrogen-bond acceptors (Lipinski definition) is 6. The molecule has 2 aromatic rings. The highest BCUT2D eigenvalue weighted by molar-refractivity contribution is 5.86. The van der Waals surface area contributed by atoms with E-state index in [1.807, 2.05) is 18.2 Å². The Morgan fingerprint density at radius 2 is 2.30 bits per heavy atom. The van der Waals surface area contributed by atoms with Crippen LogP contribution in [-0.4, -0.2) is 42.2 Å². The van der Waals surface area contributed by atoms with Crippen LogP contribution < -0.4 is 4.74 Å². The molecule has 2 aromatic heterocycles. The maximum absolute atomic E-state index is 11.5. The second-order valence-corrected chi connectivity index (χ2v) is 5.58. The standard InChI is InChI=1S/C17H20N2O4/c1-12(15-5-6-16(23-15)17(20)21-2)19-9-7-14(11-19)22-13-4-3-8-18-10-13/h3-6,8,10,12,14H,7,9,11H2,1-2H3/t12-,14-/m1/s1. The van der Waals surface area contributed by atoms with Gasteiger partial charge in [0, 0.05) is 19.3 Å². The minimum Gasteiger partial charge on any atom is -0.487 e. The minimum atomic E-state index is -0.456. The smallest absolute Gasteiger partial charge is 0.373 e. The summed E-state index contributed by atoms with van der Waals surface area (Å²) in [5, 5.41) is 0. The molecule has 0 bridgehead atoms. The molecule has 0 radical (unpaired) electrons. The molecule has 1 saturated heterocycles. The first-order chi connectivity index (χ1) is 11.2. The van der Waals surface area contributed by atoms with E-state index in [4.69, 9.17) is 9.15 Å². The van der Waals surface area contributed by atoms with Crippen molar-refractivity contribution < 1.29 is 18.7 Å². The average Bonchev–Trinajstić information content (AvgIpc) is 3.24. The number of nitrogens with zero attached hydrogens (tertiary/aromatic N) is 2. The van der Waals surface area contributed by atoms with Gasteiger partial charge in [0.1, 0.15) is 17.6 Å². The molecule has 0 aromatic carbocycles. The number of pyridine rings is 1. The molecule has 3 heterocycles. The van der Waals surface area contributed by atoms with Crippen molar-refractivity contribution in [2.24, 2.45) is 0 Å². The van der Waals surface area contributed by atoms with Gasteiger partial charge in [-0.25, -0.2) is 4.79 Å². The Morgan fingerprint density at radius 1 is 1.43 bits per heavy atom. The highest BCUT2D eigenvalue weighted by Crippen LogP contribution is 2.28. The number of ether oxygens (including phenoxy) is 2. The molecule has 1 fully saturated rings. The van der Waals surface area contributed by atoms with Gasteiger partial charge in [-0.1, -0.05) is 0 Å². The average molecular weight is 316 g/mol. The summed E-state index contributed by atoms with van der Waals surface area (Å²) in [5.41, 5.74) is 0. The zero-order valence-corrected chi connectivity index (χ0v) is 13.3. The van der Waals surface area contributed by atoms with Gasteiger partial charge in [-0.2, -0.15) is 0 Å². The van der Waals surface area contributed by atoms with E-state index in [-0.39, 0.29) is 17.9 Å². The molecule has 6 heteroatoms. The Balaban J connectivity index is 1.60. The monoisotopic (exact) mass is 316 g/mol. The summed E-state index contributed by atoms with van der Waals surface area (Å²) >= 11 is 0. The second kappa shape index (κ2) is 6.83. The van der Waals surface area contributed by atoms with Gasteiger partial charge >= 0.3 is 5.97 Å². The Bertz CT molecular complexity index is 656. The summed E-state index contributed by atoms with van der Waals surface area (Å²) in [6.45, 7) is 3.79. The summed E-state index contributed by atoms with van der Waals surface area (Å²) in [4.78, 5) is 17.8. The molecule has 2 atom stereocenters. The SMILES string of the molecule is COC(=O)c1ccc([C@@H](C)N2CC[C@@H](Oc3cccnc3)C2)o1. The molecule has 0 amide bonds. The third-order valence-electron chi connectivity index (χ3n) is 4.09. The first-order valence-corrected chi connectivity index (χ1v) is 7.66. The molecule has 122 valence electrons. The predicted molar refractivity (Wildman–Crippen MR) is 83.3 cm³/mol. The van der Waals surface area contributed by atoms with E-state index in [9.17, 15) is 4.79 Å². The van der Waals surface area contributed by atoms with E-state index in [2.05, 4.69) is 21.5 Å². The molecule has 0 N–H and O–H groups in total. The predicted octanol–water partition coefficient (Wildman–Crippen LogP) is 2.68. The number of likely N-dealkylation sites (tertiary alicyclic amines) is 1. The number of rotatable bonds is 5. The summed E-state index contributed by atoms with van der Waals surface area (Å²) in [6.07, 6.45) is 4.54. The number of hydrogen-bond donors (Lipinski definition) is 0. The molecule has 0 spiro atoms. The third kappa shape index (κ3) is 3.53. The molecule has 1 aliphatic rings. The Hall–Kier alpha value is -2.34. The molecule has 3 rings (SSSR count). The summed E-state index contributed by atoms with van der Waals surface area (Å²) in [5.74, 6) is 1.32. The highest BCUT2D eigenvalue weighted by atomic mass is 16.5. The number of carbonyl (C=O) groups excluding carboxylic acids is 1. The van der Waals surface area contributed by atoms with Crippen molar-refractivity contribution in [3.8, 4) is 5.75 Å². The van der Waals surface area contributed by atoms with E-state index in [1.54, 1.807) is 18.5 Å². The number of methoxy groups -OCH3 is 1. The Kier molecular flexibility index (Phi) is 4.62. The van der Waals surface area contributed by atoms with Crippen LogP contribution in [-0.2, 0) is 4.74 Å². The Morgan fingerprint density at radius 3 is 3.04 bits per heavy atom.